The van der Waals surface area contributed by atoms with E-state index in [1.807, 2.05) is 20.8 Å². The van der Waals surface area contributed by atoms with Crippen LogP contribution >= 0.6 is 0 Å². The number of ether oxygens (including phenoxy) is 1. The molecule has 1 amide bonds. The van der Waals surface area contributed by atoms with Gasteiger partial charge < -0.3 is 15.4 Å². The second-order valence-corrected chi connectivity index (χ2v) is 5.09. The summed E-state index contributed by atoms with van der Waals surface area (Å²) in [6, 6.07) is -0.747. The van der Waals surface area contributed by atoms with E-state index in [0.717, 1.165) is 19.4 Å². The summed E-state index contributed by atoms with van der Waals surface area (Å²) in [4.78, 5) is 23.8. The van der Waals surface area contributed by atoms with Crippen molar-refractivity contribution in [3.05, 3.63) is 0 Å². The highest BCUT2D eigenvalue weighted by molar-refractivity contribution is 5.88. The third-order valence-corrected chi connectivity index (χ3v) is 3.78. The smallest absolute Gasteiger partial charge is 0.328 e. The molecule has 0 aromatic heterocycles. The van der Waals surface area contributed by atoms with Gasteiger partial charge in [0.05, 0.1) is 13.2 Å². The fourth-order valence-corrected chi connectivity index (χ4v) is 2.22. The number of rotatable bonds is 5. The Hall–Kier alpha value is -1.10. The minimum absolute atomic E-state index is 0.0677. The first-order chi connectivity index (χ1) is 8.51. The fourth-order valence-electron chi connectivity index (χ4n) is 2.22. The lowest BCUT2D eigenvalue weighted by Crippen LogP contribution is -2.52. The molecule has 1 saturated heterocycles. The zero-order valence-electron chi connectivity index (χ0n) is 11.7. The lowest BCUT2D eigenvalue weighted by Gasteiger charge is -2.24. The largest absolute Gasteiger partial charge is 0.467 e. The molecule has 0 spiro atoms. The predicted molar refractivity (Wildman–Crippen MR) is 69.0 cm³/mol. The normalized spacial score (nSPS) is 26.4. The van der Waals surface area contributed by atoms with E-state index in [1.54, 1.807) is 0 Å². The van der Waals surface area contributed by atoms with Gasteiger partial charge in [-0.25, -0.2) is 4.79 Å². The molecular formula is C13H24N2O3. The maximum absolute atomic E-state index is 12.1. The molecule has 1 heterocycles. The van der Waals surface area contributed by atoms with E-state index < -0.39 is 6.04 Å². The fraction of sp³-hybridized carbons (Fsp3) is 0.846. The van der Waals surface area contributed by atoms with Crippen LogP contribution in [0.5, 0.6) is 0 Å². The number of amides is 1. The molecule has 1 aliphatic heterocycles. The van der Waals surface area contributed by atoms with E-state index in [4.69, 9.17) is 4.74 Å². The molecule has 1 fully saturated rings. The summed E-state index contributed by atoms with van der Waals surface area (Å²) in [6.45, 7) is 6.82. The van der Waals surface area contributed by atoms with Gasteiger partial charge in [-0.05, 0) is 24.8 Å². The summed E-state index contributed by atoms with van der Waals surface area (Å²) in [5, 5.41) is 5.98. The van der Waals surface area contributed by atoms with Crippen LogP contribution in [0.2, 0.25) is 0 Å². The molecule has 18 heavy (non-hydrogen) atoms. The number of methoxy groups -OCH3 is 1. The first-order valence-corrected chi connectivity index (χ1v) is 6.62. The highest BCUT2D eigenvalue weighted by atomic mass is 16.5. The third kappa shape index (κ3) is 3.45. The van der Waals surface area contributed by atoms with Gasteiger partial charge in [0.15, 0.2) is 0 Å². The standard InChI is InChI=1S/C13H24N2O3/c1-5-8(2)11(13(17)18-4)15-12(16)10-9(3)6-7-14-10/h8-11,14H,5-7H2,1-4H3,(H,15,16). The Kier molecular flexibility index (Phi) is 5.59. The summed E-state index contributed by atoms with van der Waals surface area (Å²) < 4.78 is 4.75. The Bertz CT molecular complexity index is 307. The molecule has 0 aromatic rings. The number of carbonyl (C=O) groups is 2. The predicted octanol–water partition coefficient (Wildman–Crippen LogP) is 0.688. The average molecular weight is 256 g/mol. The molecular weight excluding hydrogens is 232 g/mol. The zero-order chi connectivity index (χ0) is 13.7. The van der Waals surface area contributed by atoms with E-state index >= 15 is 0 Å². The van der Waals surface area contributed by atoms with Crippen molar-refractivity contribution in [3.63, 3.8) is 0 Å². The molecule has 5 nitrogen and oxygen atoms in total. The van der Waals surface area contributed by atoms with E-state index in [-0.39, 0.29) is 23.8 Å². The van der Waals surface area contributed by atoms with Gasteiger partial charge in [-0.3, -0.25) is 4.79 Å². The average Bonchev–Trinajstić information content (AvgIpc) is 2.80. The molecule has 104 valence electrons. The number of nitrogens with one attached hydrogen (secondary N) is 2. The molecule has 0 aromatic carbocycles. The van der Waals surface area contributed by atoms with Crippen LogP contribution in [0.4, 0.5) is 0 Å². The molecule has 0 aliphatic carbocycles. The number of hydrogen-bond donors (Lipinski definition) is 2. The number of esters is 1. The van der Waals surface area contributed by atoms with Crippen molar-refractivity contribution in [1.29, 1.82) is 0 Å². The van der Waals surface area contributed by atoms with Gasteiger partial charge in [-0.1, -0.05) is 27.2 Å². The van der Waals surface area contributed by atoms with Gasteiger partial charge in [0.1, 0.15) is 6.04 Å². The van der Waals surface area contributed by atoms with Crippen molar-refractivity contribution in [2.45, 2.75) is 45.7 Å². The van der Waals surface area contributed by atoms with Crippen molar-refractivity contribution >= 4 is 11.9 Å². The lowest BCUT2D eigenvalue weighted by molar-refractivity contribution is -0.146. The highest BCUT2D eigenvalue weighted by Gasteiger charge is 2.33. The van der Waals surface area contributed by atoms with E-state index in [0.29, 0.717) is 5.92 Å². The van der Waals surface area contributed by atoms with Crippen LogP contribution < -0.4 is 10.6 Å². The number of carbonyl (C=O) groups excluding carboxylic acids is 2. The molecule has 0 bridgehead atoms. The topological polar surface area (TPSA) is 67.4 Å². The summed E-state index contributed by atoms with van der Waals surface area (Å²) in [7, 11) is 1.35. The maximum Gasteiger partial charge on any atom is 0.328 e. The van der Waals surface area contributed by atoms with Crippen LogP contribution in [0.15, 0.2) is 0 Å². The molecule has 4 unspecified atom stereocenters. The second-order valence-electron chi connectivity index (χ2n) is 5.09. The Morgan fingerprint density at radius 2 is 2.17 bits per heavy atom. The Labute approximate surface area is 109 Å². The first-order valence-electron chi connectivity index (χ1n) is 6.62. The Balaban J connectivity index is 2.65. The molecule has 1 aliphatic rings. The minimum atomic E-state index is -0.554. The van der Waals surface area contributed by atoms with Crippen molar-refractivity contribution in [2.24, 2.45) is 11.8 Å². The van der Waals surface area contributed by atoms with Crippen molar-refractivity contribution < 1.29 is 14.3 Å². The van der Waals surface area contributed by atoms with Crippen LogP contribution in [0.25, 0.3) is 0 Å². The second kappa shape index (κ2) is 6.73. The van der Waals surface area contributed by atoms with Crippen LogP contribution in [-0.4, -0.2) is 37.6 Å². The van der Waals surface area contributed by atoms with Gasteiger partial charge >= 0.3 is 5.97 Å². The van der Waals surface area contributed by atoms with Crippen LogP contribution in [0.1, 0.15) is 33.6 Å². The highest BCUT2D eigenvalue weighted by Crippen LogP contribution is 2.16. The summed E-state index contributed by atoms with van der Waals surface area (Å²) >= 11 is 0. The van der Waals surface area contributed by atoms with Gasteiger partial charge in [-0.15, -0.1) is 0 Å². The molecule has 2 N–H and O–H groups in total. The Morgan fingerprint density at radius 1 is 1.50 bits per heavy atom. The summed E-state index contributed by atoms with van der Waals surface area (Å²) in [5.41, 5.74) is 0. The van der Waals surface area contributed by atoms with Crippen molar-refractivity contribution in [3.8, 4) is 0 Å². The van der Waals surface area contributed by atoms with Crippen molar-refractivity contribution in [1.82, 2.24) is 10.6 Å². The maximum atomic E-state index is 12.1. The van der Waals surface area contributed by atoms with Crippen LogP contribution in [0, 0.1) is 11.8 Å². The summed E-state index contributed by atoms with van der Waals surface area (Å²) in [6.07, 6.45) is 1.80. The number of hydrogen-bond acceptors (Lipinski definition) is 4. The third-order valence-electron chi connectivity index (χ3n) is 3.78. The first kappa shape index (κ1) is 15.0. The molecule has 1 rings (SSSR count). The van der Waals surface area contributed by atoms with Crippen LogP contribution in [0.3, 0.4) is 0 Å². The lowest BCUT2D eigenvalue weighted by atomic mass is 9.97. The minimum Gasteiger partial charge on any atom is -0.467 e. The molecule has 0 radical (unpaired) electrons. The van der Waals surface area contributed by atoms with Gasteiger partial charge in [0.2, 0.25) is 5.91 Å². The van der Waals surface area contributed by atoms with Crippen molar-refractivity contribution in [2.75, 3.05) is 13.7 Å². The van der Waals surface area contributed by atoms with Gasteiger partial charge in [0.25, 0.3) is 0 Å². The van der Waals surface area contributed by atoms with E-state index in [9.17, 15) is 9.59 Å². The molecule has 5 heteroatoms. The SMILES string of the molecule is CCC(C)C(NC(=O)C1NCCC1C)C(=O)OC. The van der Waals surface area contributed by atoms with Gasteiger partial charge in [0, 0.05) is 0 Å². The summed E-state index contributed by atoms with van der Waals surface area (Å²) in [5.74, 6) is -0.0996. The Morgan fingerprint density at radius 3 is 2.61 bits per heavy atom. The van der Waals surface area contributed by atoms with Crippen LogP contribution in [-0.2, 0) is 14.3 Å². The van der Waals surface area contributed by atoms with E-state index in [2.05, 4.69) is 10.6 Å². The zero-order valence-corrected chi connectivity index (χ0v) is 11.7. The van der Waals surface area contributed by atoms with Gasteiger partial charge in [-0.2, -0.15) is 0 Å². The monoisotopic (exact) mass is 256 g/mol. The van der Waals surface area contributed by atoms with E-state index in [1.165, 1.54) is 7.11 Å². The molecule has 0 saturated carbocycles. The molecule has 4 atom stereocenters. The quantitative estimate of drug-likeness (QED) is 0.710.